The maximum Gasteiger partial charge on any atom is 0.336 e. The van der Waals surface area contributed by atoms with Gasteiger partial charge in [-0.25, -0.2) is 9.48 Å². The number of H-pyrrole nitrogens is 1. The van der Waals surface area contributed by atoms with Crippen LogP contribution in [0.15, 0.2) is 88.7 Å². The Hall–Kier alpha value is -4.65. The molecule has 4 aromatic rings. The number of nitrogens with one attached hydrogen (secondary N) is 1. The number of ether oxygens (including phenoxy) is 2. The van der Waals surface area contributed by atoms with Crippen molar-refractivity contribution in [2.24, 2.45) is 4.99 Å². The van der Waals surface area contributed by atoms with Gasteiger partial charge in [0.25, 0.3) is 5.56 Å². The molecule has 0 fully saturated rings. The van der Waals surface area contributed by atoms with Crippen molar-refractivity contribution in [1.29, 1.82) is 0 Å². The minimum absolute atomic E-state index is 0.174. The maximum atomic E-state index is 12.9. The van der Waals surface area contributed by atoms with Gasteiger partial charge in [0, 0.05) is 18.0 Å². The summed E-state index contributed by atoms with van der Waals surface area (Å²) in [4.78, 5) is 29.6. The number of hydrogen-bond donors (Lipinski definition) is 1. The minimum atomic E-state index is -0.478. The largest absolute Gasteiger partial charge is 0.494 e. The molecule has 1 aromatic heterocycles. The number of aromatic nitrogens is 2. The second-order valence-corrected chi connectivity index (χ2v) is 9.96. The molecular weight excluding hydrogens is 514 g/mol. The van der Waals surface area contributed by atoms with E-state index in [1.165, 1.54) is 36.4 Å². The summed E-state index contributed by atoms with van der Waals surface area (Å²) in [6.07, 6.45) is 10.7. The summed E-state index contributed by atoms with van der Waals surface area (Å²) in [5.74, 6) is 0.751. The van der Waals surface area contributed by atoms with E-state index in [0.29, 0.717) is 17.0 Å². The van der Waals surface area contributed by atoms with E-state index in [2.05, 4.69) is 17.0 Å². The Morgan fingerprint density at radius 3 is 2.27 bits per heavy atom. The number of aryl methyl sites for hydroxylation is 2. The fourth-order valence-electron chi connectivity index (χ4n) is 4.21. The van der Waals surface area contributed by atoms with Crippen LogP contribution in [0.4, 0.5) is 5.69 Å². The number of carbonyl (C=O) groups excluding carboxylic acids is 1. The second kappa shape index (κ2) is 14.7. The number of carbonyl (C=O) groups is 1. The van der Waals surface area contributed by atoms with Crippen LogP contribution in [0.5, 0.6) is 11.5 Å². The van der Waals surface area contributed by atoms with E-state index in [0.717, 1.165) is 41.3 Å². The minimum Gasteiger partial charge on any atom is -0.494 e. The van der Waals surface area contributed by atoms with Crippen LogP contribution in [0, 0.1) is 13.8 Å². The van der Waals surface area contributed by atoms with E-state index in [1.54, 1.807) is 36.6 Å². The van der Waals surface area contributed by atoms with Crippen molar-refractivity contribution < 1.29 is 14.3 Å². The molecule has 1 heterocycles. The first kappa shape index (κ1) is 29.3. The average Bonchev–Trinajstić information content (AvgIpc) is 3.27. The van der Waals surface area contributed by atoms with E-state index in [4.69, 9.17) is 9.47 Å². The first-order valence-corrected chi connectivity index (χ1v) is 14.1. The number of hydrogen-bond acceptors (Lipinski definition) is 5. The molecule has 0 bridgehead atoms. The Kier molecular flexibility index (Phi) is 10.5. The van der Waals surface area contributed by atoms with Gasteiger partial charge >= 0.3 is 5.97 Å². The van der Waals surface area contributed by atoms with Gasteiger partial charge in [-0.15, -0.1) is 0 Å². The molecule has 3 aromatic carbocycles. The standard InChI is InChI=1S/C34H37N3O4/c1-4-5-6-7-8-23-40-30-18-11-27(12-19-30)13-22-33(38)41-31-20-14-28(15-21-31)35-24-32-26(3)36-37(34(32)39)29-16-9-25(2)10-17-29/h9-22,24,36H,4-8,23H2,1-3H3/b22-13+,35-24?. The van der Waals surface area contributed by atoms with E-state index in [1.807, 2.05) is 62.4 Å². The van der Waals surface area contributed by atoms with Crippen LogP contribution in [0.2, 0.25) is 0 Å². The molecule has 1 N–H and O–H groups in total. The number of aliphatic imine (C=N–C) groups is 1. The number of rotatable bonds is 13. The van der Waals surface area contributed by atoms with E-state index >= 15 is 0 Å². The highest BCUT2D eigenvalue weighted by Crippen LogP contribution is 2.19. The van der Waals surface area contributed by atoms with Gasteiger partial charge in [-0.1, -0.05) is 62.4 Å². The third-order valence-corrected chi connectivity index (χ3v) is 6.62. The Morgan fingerprint density at radius 2 is 1.56 bits per heavy atom. The molecule has 0 aliphatic rings. The van der Waals surface area contributed by atoms with Gasteiger partial charge < -0.3 is 9.47 Å². The molecule has 41 heavy (non-hydrogen) atoms. The first-order valence-electron chi connectivity index (χ1n) is 14.1. The lowest BCUT2D eigenvalue weighted by atomic mass is 10.2. The van der Waals surface area contributed by atoms with E-state index in [-0.39, 0.29) is 5.56 Å². The lowest BCUT2D eigenvalue weighted by Gasteiger charge is -2.06. The van der Waals surface area contributed by atoms with Gasteiger partial charge in [0.1, 0.15) is 11.5 Å². The van der Waals surface area contributed by atoms with Crippen LogP contribution in [-0.4, -0.2) is 28.6 Å². The Morgan fingerprint density at radius 1 is 0.878 bits per heavy atom. The van der Waals surface area contributed by atoms with Crippen LogP contribution in [0.1, 0.15) is 61.4 Å². The van der Waals surface area contributed by atoms with Crippen LogP contribution in [0.25, 0.3) is 11.8 Å². The fraction of sp³-hybridized carbons (Fsp3) is 0.265. The summed E-state index contributed by atoms with van der Waals surface area (Å²) in [6, 6.07) is 22.1. The van der Waals surface area contributed by atoms with Crippen LogP contribution in [0.3, 0.4) is 0 Å². The van der Waals surface area contributed by atoms with Crippen LogP contribution >= 0.6 is 0 Å². The highest BCUT2D eigenvalue weighted by Gasteiger charge is 2.10. The van der Waals surface area contributed by atoms with Crippen molar-refractivity contribution in [3.8, 4) is 17.2 Å². The molecule has 7 heteroatoms. The lowest BCUT2D eigenvalue weighted by Crippen LogP contribution is -2.17. The number of nitrogens with zero attached hydrogens (tertiary/aromatic N) is 2. The third-order valence-electron chi connectivity index (χ3n) is 6.62. The predicted molar refractivity (Wildman–Crippen MR) is 165 cm³/mol. The number of unbranched alkanes of at least 4 members (excludes halogenated alkanes) is 4. The van der Waals surface area contributed by atoms with Crippen molar-refractivity contribution in [2.75, 3.05) is 6.61 Å². The van der Waals surface area contributed by atoms with Crippen LogP contribution in [-0.2, 0) is 4.79 Å². The van der Waals surface area contributed by atoms with Gasteiger partial charge in [0.05, 0.1) is 23.5 Å². The van der Waals surface area contributed by atoms with Gasteiger partial charge in [-0.2, -0.15) is 0 Å². The highest BCUT2D eigenvalue weighted by molar-refractivity contribution is 5.88. The summed E-state index contributed by atoms with van der Waals surface area (Å²) in [6.45, 7) is 6.76. The molecule has 4 rings (SSSR count). The number of aromatic amines is 1. The van der Waals surface area contributed by atoms with Crippen molar-refractivity contribution >= 4 is 23.9 Å². The molecule has 7 nitrogen and oxygen atoms in total. The first-order chi connectivity index (χ1) is 19.9. The zero-order valence-corrected chi connectivity index (χ0v) is 23.9. The lowest BCUT2D eigenvalue weighted by molar-refractivity contribution is -0.128. The fourth-order valence-corrected chi connectivity index (χ4v) is 4.21. The molecule has 0 aliphatic heterocycles. The summed E-state index contributed by atoms with van der Waals surface area (Å²) >= 11 is 0. The van der Waals surface area contributed by atoms with Crippen molar-refractivity contribution in [1.82, 2.24) is 9.78 Å². The normalized spacial score (nSPS) is 11.4. The molecular formula is C34H37N3O4. The third kappa shape index (κ3) is 8.67. The van der Waals surface area contributed by atoms with E-state index < -0.39 is 5.97 Å². The molecule has 0 aliphatic carbocycles. The predicted octanol–water partition coefficient (Wildman–Crippen LogP) is 7.50. The summed E-state index contributed by atoms with van der Waals surface area (Å²) in [5, 5.41) is 3.10. The average molecular weight is 552 g/mol. The van der Waals surface area contributed by atoms with Gasteiger partial charge in [-0.3, -0.25) is 14.9 Å². The molecule has 0 amide bonds. The molecule has 0 saturated heterocycles. The number of esters is 1. The Balaban J connectivity index is 1.28. The molecule has 0 radical (unpaired) electrons. The second-order valence-electron chi connectivity index (χ2n) is 9.96. The van der Waals surface area contributed by atoms with Crippen molar-refractivity contribution in [2.45, 2.75) is 52.9 Å². The summed E-state index contributed by atoms with van der Waals surface area (Å²) in [7, 11) is 0. The molecule has 0 atom stereocenters. The molecule has 0 unspecified atom stereocenters. The molecule has 0 saturated carbocycles. The Labute approximate surface area is 241 Å². The van der Waals surface area contributed by atoms with Crippen molar-refractivity contribution in [3.63, 3.8) is 0 Å². The quantitative estimate of drug-likeness (QED) is 0.0613. The van der Waals surface area contributed by atoms with Gasteiger partial charge in [0.2, 0.25) is 0 Å². The van der Waals surface area contributed by atoms with Crippen LogP contribution < -0.4 is 15.0 Å². The SMILES string of the molecule is CCCCCCCOc1ccc(/C=C/C(=O)Oc2ccc(N=Cc3c(C)[nH]n(-c4ccc(C)cc4)c3=O)cc2)cc1. The molecule has 212 valence electrons. The zero-order chi connectivity index (χ0) is 29.0. The Bertz CT molecular complexity index is 1530. The summed E-state index contributed by atoms with van der Waals surface area (Å²) in [5.41, 5.74) is 4.42. The highest BCUT2D eigenvalue weighted by atomic mass is 16.5. The van der Waals surface area contributed by atoms with Gasteiger partial charge in [0.15, 0.2) is 0 Å². The molecule has 0 spiro atoms. The monoisotopic (exact) mass is 551 g/mol. The zero-order valence-electron chi connectivity index (χ0n) is 23.9. The van der Waals surface area contributed by atoms with Gasteiger partial charge in [-0.05, 0) is 80.4 Å². The number of benzene rings is 3. The maximum absolute atomic E-state index is 12.9. The van der Waals surface area contributed by atoms with Crippen molar-refractivity contribution in [3.05, 3.63) is 112 Å². The van der Waals surface area contributed by atoms with E-state index in [9.17, 15) is 9.59 Å². The summed E-state index contributed by atoms with van der Waals surface area (Å²) < 4.78 is 12.7. The smallest absolute Gasteiger partial charge is 0.336 e. The topological polar surface area (TPSA) is 85.7 Å².